The van der Waals surface area contributed by atoms with Crippen molar-refractivity contribution in [3.05, 3.63) is 54.1 Å². The lowest BCUT2D eigenvalue weighted by Gasteiger charge is -2.12. The van der Waals surface area contributed by atoms with Gasteiger partial charge >= 0.3 is 7.12 Å². The second kappa shape index (κ2) is 8.66. The van der Waals surface area contributed by atoms with Crippen LogP contribution in [0.15, 0.2) is 48.5 Å². The van der Waals surface area contributed by atoms with E-state index in [-0.39, 0.29) is 5.91 Å². The molecule has 1 unspecified atom stereocenters. The van der Waals surface area contributed by atoms with E-state index in [0.717, 1.165) is 23.1 Å². The molecular weight excluding hydrogens is 301 g/mol. The number of nitrogens with one attached hydrogen (secondary N) is 1. The van der Waals surface area contributed by atoms with Crippen LogP contribution in [-0.4, -0.2) is 23.1 Å². The SMILES string of the molecule is CCC(C)CC(=O)NCc1cc(B(O)O)cc(-c2ccccc2)c1. The van der Waals surface area contributed by atoms with Crippen LogP contribution in [0.3, 0.4) is 0 Å². The molecule has 2 aromatic carbocycles. The Kier molecular flexibility index (Phi) is 6.58. The Morgan fingerprint density at radius 3 is 2.46 bits per heavy atom. The highest BCUT2D eigenvalue weighted by molar-refractivity contribution is 6.58. The van der Waals surface area contributed by atoms with E-state index in [1.54, 1.807) is 12.1 Å². The van der Waals surface area contributed by atoms with Crippen molar-refractivity contribution in [1.82, 2.24) is 5.32 Å². The van der Waals surface area contributed by atoms with E-state index in [0.29, 0.717) is 24.3 Å². The Balaban J connectivity index is 2.17. The van der Waals surface area contributed by atoms with Gasteiger partial charge in [-0.15, -0.1) is 0 Å². The molecular formula is C19H24BNO3. The number of carbonyl (C=O) groups is 1. The lowest BCUT2D eigenvalue weighted by Crippen LogP contribution is -2.31. The van der Waals surface area contributed by atoms with Crippen molar-refractivity contribution in [2.24, 2.45) is 5.92 Å². The Morgan fingerprint density at radius 1 is 1.12 bits per heavy atom. The number of hydrogen-bond acceptors (Lipinski definition) is 3. The molecule has 0 saturated carbocycles. The van der Waals surface area contributed by atoms with Gasteiger partial charge in [0.05, 0.1) is 0 Å². The quantitative estimate of drug-likeness (QED) is 0.683. The third kappa shape index (κ3) is 5.22. The Hall–Kier alpha value is -2.11. The maximum Gasteiger partial charge on any atom is 0.488 e. The van der Waals surface area contributed by atoms with Gasteiger partial charge in [0, 0.05) is 13.0 Å². The average molecular weight is 325 g/mol. The van der Waals surface area contributed by atoms with Crippen molar-refractivity contribution in [2.45, 2.75) is 33.2 Å². The Labute approximate surface area is 143 Å². The topological polar surface area (TPSA) is 69.6 Å². The van der Waals surface area contributed by atoms with Gasteiger partial charge in [0.1, 0.15) is 0 Å². The van der Waals surface area contributed by atoms with Crippen LogP contribution in [-0.2, 0) is 11.3 Å². The fourth-order valence-corrected chi connectivity index (χ4v) is 2.50. The van der Waals surface area contributed by atoms with E-state index in [1.165, 1.54) is 0 Å². The van der Waals surface area contributed by atoms with Gasteiger partial charge in [-0.1, -0.05) is 62.7 Å². The molecule has 0 spiro atoms. The molecule has 3 N–H and O–H groups in total. The number of carbonyl (C=O) groups excluding carboxylic acids is 1. The molecule has 4 nitrogen and oxygen atoms in total. The van der Waals surface area contributed by atoms with Gasteiger partial charge in [-0.3, -0.25) is 4.79 Å². The van der Waals surface area contributed by atoms with E-state index in [1.807, 2.05) is 36.4 Å². The molecule has 0 saturated heterocycles. The maximum absolute atomic E-state index is 11.9. The summed E-state index contributed by atoms with van der Waals surface area (Å²) in [6, 6.07) is 15.2. The van der Waals surface area contributed by atoms with Crippen molar-refractivity contribution < 1.29 is 14.8 Å². The first-order valence-electron chi connectivity index (χ1n) is 8.31. The van der Waals surface area contributed by atoms with Crippen molar-refractivity contribution in [3.8, 4) is 11.1 Å². The van der Waals surface area contributed by atoms with E-state index >= 15 is 0 Å². The Morgan fingerprint density at radius 2 is 1.83 bits per heavy atom. The van der Waals surface area contributed by atoms with Gasteiger partial charge in [0.2, 0.25) is 5.91 Å². The highest BCUT2D eigenvalue weighted by Gasteiger charge is 2.14. The molecule has 2 aromatic rings. The van der Waals surface area contributed by atoms with Gasteiger partial charge in [0.25, 0.3) is 0 Å². The third-order valence-electron chi connectivity index (χ3n) is 4.14. The normalized spacial score (nSPS) is 11.8. The van der Waals surface area contributed by atoms with Crippen LogP contribution in [0.25, 0.3) is 11.1 Å². The van der Waals surface area contributed by atoms with Crippen LogP contribution in [0.4, 0.5) is 0 Å². The molecule has 1 atom stereocenters. The van der Waals surface area contributed by atoms with Gasteiger partial charge in [0.15, 0.2) is 0 Å². The van der Waals surface area contributed by atoms with E-state index in [4.69, 9.17) is 0 Å². The lowest BCUT2D eigenvalue weighted by molar-refractivity contribution is -0.122. The zero-order valence-corrected chi connectivity index (χ0v) is 14.2. The average Bonchev–Trinajstić information content (AvgIpc) is 2.60. The summed E-state index contributed by atoms with van der Waals surface area (Å²) in [6.07, 6.45) is 1.47. The smallest absolute Gasteiger partial charge is 0.423 e. The first kappa shape index (κ1) is 18.2. The van der Waals surface area contributed by atoms with Crippen molar-refractivity contribution >= 4 is 18.5 Å². The lowest BCUT2D eigenvalue weighted by atomic mass is 9.78. The van der Waals surface area contributed by atoms with E-state index in [9.17, 15) is 14.8 Å². The van der Waals surface area contributed by atoms with Crippen molar-refractivity contribution in [3.63, 3.8) is 0 Å². The highest BCUT2D eigenvalue weighted by atomic mass is 16.4. The van der Waals surface area contributed by atoms with Gasteiger partial charge in [-0.2, -0.15) is 0 Å². The summed E-state index contributed by atoms with van der Waals surface area (Å²) < 4.78 is 0. The minimum absolute atomic E-state index is 0.0144. The standard InChI is InChI=1S/C19H24BNO3/c1-3-14(2)9-19(22)21-13-15-10-17(12-18(11-15)20(23)24)16-7-5-4-6-8-16/h4-8,10-12,14,23-24H,3,9,13H2,1-2H3,(H,21,22). The van der Waals surface area contributed by atoms with Crippen LogP contribution in [0.5, 0.6) is 0 Å². The number of hydrogen-bond donors (Lipinski definition) is 3. The molecule has 5 heteroatoms. The monoisotopic (exact) mass is 325 g/mol. The molecule has 0 bridgehead atoms. The van der Waals surface area contributed by atoms with Crippen molar-refractivity contribution in [1.29, 1.82) is 0 Å². The second-order valence-corrected chi connectivity index (χ2v) is 6.20. The number of rotatable bonds is 7. The van der Waals surface area contributed by atoms with Crippen LogP contribution in [0.1, 0.15) is 32.3 Å². The summed E-state index contributed by atoms with van der Waals surface area (Å²) >= 11 is 0. The van der Waals surface area contributed by atoms with Gasteiger partial charge in [-0.25, -0.2) is 0 Å². The summed E-state index contributed by atoms with van der Waals surface area (Å²) in [6.45, 7) is 4.49. The first-order valence-corrected chi connectivity index (χ1v) is 8.31. The summed E-state index contributed by atoms with van der Waals surface area (Å²) in [4.78, 5) is 11.9. The summed E-state index contributed by atoms with van der Waals surface area (Å²) in [5.41, 5.74) is 3.15. The maximum atomic E-state index is 11.9. The Bertz CT molecular complexity index is 674. The number of amides is 1. The zero-order valence-electron chi connectivity index (χ0n) is 14.2. The van der Waals surface area contributed by atoms with Gasteiger partial charge in [-0.05, 0) is 34.1 Å². The molecule has 0 aromatic heterocycles. The highest BCUT2D eigenvalue weighted by Crippen LogP contribution is 2.19. The number of benzene rings is 2. The molecule has 0 fully saturated rings. The predicted molar refractivity (Wildman–Crippen MR) is 97.6 cm³/mol. The molecule has 0 heterocycles. The molecule has 0 aliphatic heterocycles. The summed E-state index contributed by atoms with van der Waals surface area (Å²) in [5.74, 6) is 0.371. The van der Waals surface area contributed by atoms with Crippen LogP contribution >= 0.6 is 0 Å². The molecule has 126 valence electrons. The molecule has 24 heavy (non-hydrogen) atoms. The largest absolute Gasteiger partial charge is 0.488 e. The molecule has 0 radical (unpaired) electrons. The molecule has 1 amide bonds. The molecule has 2 rings (SSSR count). The fraction of sp³-hybridized carbons (Fsp3) is 0.316. The van der Waals surface area contributed by atoms with Gasteiger partial charge < -0.3 is 15.4 Å². The van der Waals surface area contributed by atoms with Crippen LogP contribution < -0.4 is 10.8 Å². The second-order valence-electron chi connectivity index (χ2n) is 6.20. The zero-order chi connectivity index (χ0) is 17.5. The van der Waals surface area contributed by atoms with Crippen LogP contribution in [0, 0.1) is 5.92 Å². The van der Waals surface area contributed by atoms with Crippen molar-refractivity contribution in [2.75, 3.05) is 0 Å². The van der Waals surface area contributed by atoms with Crippen LogP contribution in [0.2, 0.25) is 0 Å². The fourth-order valence-electron chi connectivity index (χ4n) is 2.50. The summed E-state index contributed by atoms with van der Waals surface area (Å²) in [5, 5.41) is 21.9. The minimum atomic E-state index is -1.54. The third-order valence-corrected chi connectivity index (χ3v) is 4.14. The summed E-state index contributed by atoms with van der Waals surface area (Å²) in [7, 11) is -1.54. The molecule has 0 aliphatic carbocycles. The predicted octanol–water partition coefficient (Wildman–Crippen LogP) is 2.09. The molecule has 0 aliphatic rings. The first-order chi connectivity index (χ1) is 11.5. The van der Waals surface area contributed by atoms with E-state index < -0.39 is 7.12 Å². The van der Waals surface area contributed by atoms with E-state index in [2.05, 4.69) is 19.2 Å². The minimum Gasteiger partial charge on any atom is -0.423 e.